The predicted molar refractivity (Wildman–Crippen MR) is 94.9 cm³/mol. The lowest BCUT2D eigenvalue weighted by molar-refractivity contribution is -0.118. The minimum absolute atomic E-state index is 0.159. The first-order valence-corrected chi connectivity index (χ1v) is 7.77. The van der Waals surface area contributed by atoms with E-state index in [1.165, 1.54) is 20.3 Å². The molecular weight excluding hydrogens is 340 g/mol. The number of methoxy groups -OCH3 is 1. The van der Waals surface area contributed by atoms with Gasteiger partial charge in [-0.15, -0.1) is 0 Å². The Morgan fingerprint density at radius 3 is 2.65 bits per heavy atom. The van der Waals surface area contributed by atoms with Crippen molar-refractivity contribution in [1.29, 1.82) is 0 Å². The van der Waals surface area contributed by atoms with Crippen molar-refractivity contribution in [3.8, 4) is 5.75 Å². The molecule has 0 bridgehead atoms. The van der Waals surface area contributed by atoms with Gasteiger partial charge in [0.25, 0.3) is 0 Å². The molecular formula is C17H20N4O5. The van der Waals surface area contributed by atoms with Gasteiger partial charge in [0.05, 0.1) is 32.1 Å². The molecule has 9 heteroatoms. The summed E-state index contributed by atoms with van der Waals surface area (Å²) in [6.07, 6.45) is 1.49. The van der Waals surface area contributed by atoms with Crippen LogP contribution in [0.15, 0.2) is 41.0 Å². The first kappa shape index (κ1) is 18.8. The van der Waals surface area contributed by atoms with Crippen LogP contribution in [-0.4, -0.2) is 31.5 Å². The molecule has 0 fully saturated rings. The number of furan rings is 1. The molecule has 0 radical (unpaired) electrons. The van der Waals surface area contributed by atoms with Crippen molar-refractivity contribution in [3.63, 3.8) is 0 Å². The van der Waals surface area contributed by atoms with Crippen molar-refractivity contribution in [3.05, 3.63) is 42.4 Å². The van der Waals surface area contributed by atoms with Gasteiger partial charge >= 0.3 is 6.03 Å². The molecule has 0 unspecified atom stereocenters. The van der Waals surface area contributed by atoms with Gasteiger partial charge in [0.15, 0.2) is 0 Å². The molecule has 2 aromatic rings. The van der Waals surface area contributed by atoms with Crippen molar-refractivity contribution in [2.24, 2.45) is 0 Å². The van der Waals surface area contributed by atoms with E-state index in [9.17, 15) is 14.4 Å². The van der Waals surface area contributed by atoms with E-state index in [0.717, 1.165) is 0 Å². The van der Waals surface area contributed by atoms with E-state index in [4.69, 9.17) is 9.15 Å². The number of amides is 4. The summed E-state index contributed by atoms with van der Waals surface area (Å²) in [5, 5.41) is 10.2. The number of imide groups is 1. The minimum atomic E-state index is -0.632. The second kappa shape index (κ2) is 9.11. The Labute approximate surface area is 150 Å². The van der Waals surface area contributed by atoms with Gasteiger partial charge in [-0.2, -0.15) is 0 Å². The number of benzene rings is 1. The number of nitrogens with one attached hydrogen (secondary N) is 4. The van der Waals surface area contributed by atoms with Crippen LogP contribution < -0.4 is 26.0 Å². The third kappa shape index (κ3) is 5.86. The molecule has 1 aromatic heterocycles. The number of hydrogen-bond donors (Lipinski definition) is 4. The Bertz CT molecular complexity index is 773. The maximum Gasteiger partial charge on any atom is 0.321 e. The van der Waals surface area contributed by atoms with Crippen molar-refractivity contribution in [1.82, 2.24) is 10.6 Å². The van der Waals surface area contributed by atoms with E-state index in [1.807, 2.05) is 0 Å². The number of anilines is 2. The number of urea groups is 1. The fourth-order valence-electron chi connectivity index (χ4n) is 2.10. The summed E-state index contributed by atoms with van der Waals surface area (Å²) in [4.78, 5) is 34.7. The normalized spacial score (nSPS) is 9.92. The standard InChI is InChI=1S/C17H20N4O5/c1-11(22)20-12-5-6-15(25-2)14(8-12)18-10-16(23)21-17(24)19-9-13-4-3-7-26-13/h3-8,18H,9-10H2,1-2H3,(H,20,22)(H2,19,21,23,24). The van der Waals surface area contributed by atoms with Gasteiger partial charge in [-0.3, -0.25) is 14.9 Å². The van der Waals surface area contributed by atoms with Gasteiger partial charge in [-0.05, 0) is 30.3 Å². The molecule has 0 aliphatic carbocycles. The molecule has 1 heterocycles. The molecule has 0 saturated carbocycles. The lowest BCUT2D eigenvalue weighted by Crippen LogP contribution is -2.41. The Morgan fingerprint density at radius 1 is 1.19 bits per heavy atom. The number of rotatable bonds is 7. The molecule has 0 aliphatic heterocycles. The third-order valence-electron chi connectivity index (χ3n) is 3.22. The molecule has 0 saturated heterocycles. The second-order valence-electron chi connectivity index (χ2n) is 5.26. The third-order valence-corrected chi connectivity index (χ3v) is 3.22. The van der Waals surface area contributed by atoms with Crippen LogP contribution in [0.2, 0.25) is 0 Å². The predicted octanol–water partition coefficient (Wildman–Crippen LogP) is 1.68. The van der Waals surface area contributed by atoms with Crippen LogP contribution in [0.1, 0.15) is 12.7 Å². The zero-order chi connectivity index (χ0) is 18.9. The topological polar surface area (TPSA) is 122 Å². The molecule has 0 aliphatic rings. The van der Waals surface area contributed by atoms with E-state index in [2.05, 4.69) is 21.3 Å². The highest BCUT2D eigenvalue weighted by atomic mass is 16.5. The number of ether oxygens (including phenoxy) is 1. The van der Waals surface area contributed by atoms with Crippen LogP contribution in [-0.2, 0) is 16.1 Å². The second-order valence-corrected chi connectivity index (χ2v) is 5.26. The van der Waals surface area contributed by atoms with Gasteiger partial charge in [0.1, 0.15) is 11.5 Å². The number of carbonyl (C=O) groups excluding carboxylic acids is 3. The quantitative estimate of drug-likeness (QED) is 0.596. The molecule has 138 valence electrons. The summed E-state index contributed by atoms with van der Waals surface area (Å²) in [6.45, 7) is 1.41. The minimum Gasteiger partial charge on any atom is -0.495 e. The smallest absolute Gasteiger partial charge is 0.321 e. The molecule has 4 N–H and O–H groups in total. The summed E-state index contributed by atoms with van der Waals surface area (Å²) in [5.74, 6) is 0.320. The fourth-order valence-corrected chi connectivity index (χ4v) is 2.10. The van der Waals surface area contributed by atoms with Crippen molar-refractivity contribution in [2.45, 2.75) is 13.5 Å². The SMILES string of the molecule is COc1ccc(NC(C)=O)cc1NCC(=O)NC(=O)NCc1ccco1. The van der Waals surface area contributed by atoms with E-state index in [-0.39, 0.29) is 19.0 Å². The van der Waals surface area contributed by atoms with Crippen LogP contribution in [0, 0.1) is 0 Å². The van der Waals surface area contributed by atoms with E-state index < -0.39 is 11.9 Å². The molecule has 9 nitrogen and oxygen atoms in total. The van der Waals surface area contributed by atoms with E-state index in [1.54, 1.807) is 30.3 Å². The van der Waals surface area contributed by atoms with Crippen molar-refractivity contribution < 1.29 is 23.5 Å². The summed E-state index contributed by atoms with van der Waals surface area (Å²) < 4.78 is 10.3. The Morgan fingerprint density at radius 2 is 2.00 bits per heavy atom. The van der Waals surface area contributed by atoms with Crippen molar-refractivity contribution in [2.75, 3.05) is 24.3 Å². The first-order chi connectivity index (χ1) is 12.5. The molecule has 26 heavy (non-hydrogen) atoms. The Hall–Kier alpha value is -3.49. The fraction of sp³-hybridized carbons (Fsp3) is 0.235. The summed E-state index contributed by atoms with van der Waals surface area (Å²) in [6, 6.07) is 7.73. The molecule has 1 aromatic carbocycles. The Balaban J connectivity index is 1.85. The van der Waals surface area contributed by atoms with Gasteiger partial charge in [-0.25, -0.2) is 4.79 Å². The van der Waals surface area contributed by atoms with Crippen LogP contribution in [0.3, 0.4) is 0 Å². The number of hydrogen-bond acceptors (Lipinski definition) is 6. The molecule has 4 amide bonds. The van der Waals surface area contributed by atoms with Gasteiger partial charge in [0, 0.05) is 12.6 Å². The van der Waals surface area contributed by atoms with E-state index >= 15 is 0 Å². The summed E-state index contributed by atoms with van der Waals surface area (Å²) in [7, 11) is 1.49. The van der Waals surface area contributed by atoms with Crippen LogP contribution >= 0.6 is 0 Å². The molecule has 0 spiro atoms. The number of carbonyl (C=O) groups is 3. The van der Waals surface area contributed by atoms with Crippen molar-refractivity contribution >= 4 is 29.2 Å². The largest absolute Gasteiger partial charge is 0.495 e. The van der Waals surface area contributed by atoms with Gasteiger partial charge in [0.2, 0.25) is 11.8 Å². The average Bonchev–Trinajstić information content (AvgIpc) is 3.11. The zero-order valence-corrected chi connectivity index (χ0v) is 14.4. The lowest BCUT2D eigenvalue weighted by Gasteiger charge is -2.13. The summed E-state index contributed by atoms with van der Waals surface area (Å²) >= 11 is 0. The van der Waals surface area contributed by atoms with Crippen LogP contribution in [0.5, 0.6) is 5.75 Å². The first-order valence-electron chi connectivity index (χ1n) is 7.77. The Kier molecular flexibility index (Phi) is 6.60. The maximum atomic E-state index is 11.9. The average molecular weight is 360 g/mol. The van der Waals surface area contributed by atoms with Crippen LogP contribution in [0.4, 0.5) is 16.2 Å². The highest BCUT2D eigenvalue weighted by molar-refractivity contribution is 5.96. The van der Waals surface area contributed by atoms with Gasteiger partial charge in [-0.1, -0.05) is 0 Å². The molecule has 0 atom stereocenters. The van der Waals surface area contributed by atoms with E-state index in [0.29, 0.717) is 22.9 Å². The van der Waals surface area contributed by atoms with Gasteiger partial charge < -0.3 is 25.1 Å². The maximum absolute atomic E-state index is 11.9. The summed E-state index contributed by atoms with van der Waals surface area (Å²) in [5.41, 5.74) is 1.06. The highest BCUT2D eigenvalue weighted by Gasteiger charge is 2.10. The highest BCUT2D eigenvalue weighted by Crippen LogP contribution is 2.27. The zero-order valence-electron chi connectivity index (χ0n) is 14.4. The lowest BCUT2D eigenvalue weighted by atomic mass is 10.2. The monoisotopic (exact) mass is 360 g/mol. The van der Waals surface area contributed by atoms with Crippen LogP contribution in [0.25, 0.3) is 0 Å². The molecule has 2 rings (SSSR count).